The minimum Gasteiger partial charge on any atom is -0.497 e. The van der Waals surface area contributed by atoms with Gasteiger partial charge in [0.1, 0.15) is 12.1 Å². The lowest BCUT2D eigenvalue weighted by Crippen LogP contribution is -2.16. The molecule has 0 bridgehead atoms. The molecule has 0 saturated heterocycles. The number of nitrogens with zero attached hydrogens (tertiary/aromatic N) is 2. The van der Waals surface area contributed by atoms with Gasteiger partial charge < -0.3 is 4.74 Å². The van der Waals surface area contributed by atoms with Crippen LogP contribution in [0.5, 0.6) is 5.75 Å². The number of thiophene rings is 1. The van der Waals surface area contributed by atoms with Gasteiger partial charge in [-0.25, -0.2) is 9.89 Å². The van der Waals surface area contributed by atoms with E-state index >= 15 is 0 Å². The van der Waals surface area contributed by atoms with Gasteiger partial charge in [0.15, 0.2) is 0 Å². The number of H-pyrrole nitrogens is 1. The van der Waals surface area contributed by atoms with Gasteiger partial charge in [-0.3, -0.25) is 4.57 Å². The monoisotopic (exact) mass is 311 g/mol. The summed E-state index contributed by atoms with van der Waals surface area (Å²) in [6.07, 6.45) is 1.49. The summed E-state index contributed by atoms with van der Waals surface area (Å²) in [7, 11) is 1.64. The molecule has 0 unspecified atom stereocenters. The standard InChI is InChI=1S/C16H13N3O2S/c1-21-13-5-2-12(3-6-13)4-7-14-8-9-15(22-14)10-19-11-17-18-16(19)20/h2-3,5-6,8-9,11H,10H2,1H3,(H,18,20). The molecule has 0 aliphatic rings. The largest absolute Gasteiger partial charge is 0.497 e. The average molecular weight is 311 g/mol. The average Bonchev–Trinajstić information content (AvgIpc) is 3.16. The summed E-state index contributed by atoms with van der Waals surface area (Å²) in [5.41, 5.74) is 0.723. The number of benzene rings is 1. The van der Waals surface area contributed by atoms with Gasteiger partial charge in [0, 0.05) is 10.4 Å². The van der Waals surface area contributed by atoms with E-state index in [9.17, 15) is 4.79 Å². The van der Waals surface area contributed by atoms with Crippen LogP contribution in [-0.4, -0.2) is 21.9 Å². The van der Waals surface area contributed by atoms with Crippen LogP contribution in [0.1, 0.15) is 15.3 Å². The molecule has 1 aromatic carbocycles. The molecule has 3 aromatic rings. The Balaban J connectivity index is 1.73. The Labute approximate surface area is 131 Å². The van der Waals surface area contributed by atoms with Gasteiger partial charge in [-0.1, -0.05) is 11.8 Å². The number of hydrogen-bond donors (Lipinski definition) is 1. The predicted molar refractivity (Wildman–Crippen MR) is 85.2 cm³/mol. The third kappa shape index (κ3) is 3.27. The summed E-state index contributed by atoms with van der Waals surface area (Å²) >= 11 is 1.57. The molecule has 0 amide bonds. The van der Waals surface area contributed by atoms with Crippen molar-refractivity contribution in [3.05, 3.63) is 68.5 Å². The summed E-state index contributed by atoms with van der Waals surface area (Å²) in [5, 5.41) is 6.08. The molecule has 1 N–H and O–H groups in total. The summed E-state index contributed by atoms with van der Waals surface area (Å²) in [4.78, 5) is 13.4. The van der Waals surface area contributed by atoms with Gasteiger partial charge in [-0.05, 0) is 36.4 Å². The smallest absolute Gasteiger partial charge is 0.343 e. The van der Waals surface area contributed by atoms with E-state index in [0.29, 0.717) is 6.54 Å². The Hall–Kier alpha value is -2.78. The van der Waals surface area contributed by atoms with E-state index in [0.717, 1.165) is 21.1 Å². The molecular formula is C16H13N3O2S. The summed E-state index contributed by atoms with van der Waals surface area (Å²) in [5.74, 6) is 7.06. The third-order valence-corrected chi connectivity index (χ3v) is 4.01. The van der Waals surface area contributed by atoms with Crippen molar-refractivity contribution in [3.63, 3.8) is 0 Å². The van der Waals surface area contributed by atoms with Crippen molar-refractivity contribution in [1.82, 2.24) is 14.8 Å². The molecule has 0 aliphatic heterocycles. The molecule has 0 atom stereocenters. The van der Waals surface area contributed by atoms with E-state index in [1.54, 1.807) is 18.4 Å². The first-order valence-corrected chi connectivity index (χ1v) is 7.41. The minimum atomic E-state index is -0.209. The van der Waals surface area contributed by atoms with Gasteiger partial charge in [0.05, 0.1) is 18.5 Å². The Kier molecular flexibility index (Phi) is 4.08. The molecular weight excluding hydrogens is 298 g/mol. The van der Waals surface area contributed by atoms with E-state index in [4.69, 9.17) is 4.74 Å². The third-order valence-electron chi connectivity index (χ3n) is 3.03. The molecule has 2 heterocycles. The molecule has 110 valence electrons. The number of aromatic nitrogens is 3. The van der Waals surface area contributed by atoms with Crippen LogP contribution in [0.25, 0.3) is 0 Å². The molecule has 0 aliphatic carbocycles. The first kappa shape index (κ1) is 14.2. The lowest BCUT2D eigenvalue weighted by Gasteiger charge is -1.97. The zero-order valence-corrected chi connectivity index (χ0v) is 12.7. The van der Waals surface area contributed by atoms with Crippen LogP contribution in [0.15, 0.2) is 47.5 Å². The van der Waals surface area contributed by atoms with Gasteiger partial charge in [0.2, 0.25) is 0 Å². The van der Waals surface area contributed by atoms with Gasteiger partial charge in [-0.2, -0.15) is 5.10 Å². The molecule has 22 heavy (non-hydrogen) atoms. The Morgan fingerprint density at radius 2 is 2.05 bits per heavy atom. The van der Waals surface area contributed by atoms with Crippen LogP contribution in [0.2, 0.25) is 0 Å². The Morgan fingerprint density at radius 3 is 2.73 bits per heavy atom. The van der Waals surface area contributed by atoms with Crippen molar-refractivity contribution in [3.8, 4) is 17.6 Å². The number of rotatable bonds is 3. The van der Waals surface area contributed by atoms with Gasteiger partial charge >= 0.3 is 5.69 Å². The van der Waals surface area contributed by atoms with E-state index < -0.39 is 0 Å². The highest BCUT2D eigenvalue weighted by Gasteiger charge is 2.02. The summed E-state index contributed by atoms with van der Waals surface area (Å²) in [6, 6.07) is 11.5. The second-order valence-electron chi connectivity index (χ2n) is 4.53. The van der Waals surface area contributed by atoms with Crippen molar-refractivity contribution in [1.29, 1.82) is 0 Å². The van der Waals surface area contributed by atoms with Crippen molar-refractivity contribution in [2.24, 2.45) is 0 Å². The van der Waals surface area contributed by atoms with Crippen molar-refractivity contribution >= 4 is 11.3 Å². The van der Waals surface area contributed by atoms with Crippen LogP contribution in [0.4, 0.5) is 0 Å². The minimum absolute atomic E-state index is 0.209. The molecule has 0 spiro atoms. The second kappa shape index (κ2) is 6.33. The number of nitrogens with one attached hydrogen (secondary N) is 1. The maximum atomic E-state index is 11.4. The second-order valence-corrected chi connectivity index (χ2v) is 5.70. The summed E-state index contributed by atoms with van der Waals surface area (Å²) in [6.45, 7) is 0.504. The Morgan fingerprint density at radius 1 is 1.23 bits per heavy atom. The number of methoxy groups -OCH3 is 1. The fraction of sp³-hybridized carbons (Fsp3) is 0.125. The van der Waals surface area contributed by atoms with Gasteiger partial charge in [-0.15, -0.1) is 11.3 Å². The molecule has 0 fully saturated rings. The SMILES string of the molecule is COc1ccc(C#Cc2ccc(Cn3cn[nH]c3=O)s2)cc1. The molecule has 5 nitrogen and oxygen atoms in total. The molecule has 3 rings (SSSR count). The van der Waals surface area contributed by atoms with Crippen LogP contribution in [-0.2, 0) is 6.54 Å². The molecule has 6 heteroatoms. The highest BCUT2D eigenvalue weighted by Crippen LogP contribution is 2.16. The number of ether oxygens (including phenoxy) is 1. The van der Waals surface area contributed by atoms with Crippen LogP contribution >= 0.6 is 11.3 Å². The number of hydrogen-bond acceptors (Lipinski definition) is 4. The molecule has 0 saturated carbocycles. The van der Waals surface area contributed by atoms with Crippen molar-refractivity contribution in [2.45, 2.75) is 6.54 Å². The predicted octanol–water partition coefficient (Wildman–Crippen LogP) is 2.09. The van der Waals surface area contributed by atoms with Crippen LogP contribution < -0.4 is 10.4 Å². The fourth-order valence-corrected chi connectivity index (χ4v) is 2.75. The molecule has 2 aromatic heterocycles. The highest BCUT2D eigenvalue weighted by molar-refractivity contribution is 7.12. The van der Waals surface area contributed by atoms with E-state index in [-0.39, 0.29) is 5.69 Å². The van der Waals surface area contributed by atoms with Crippen LogP contribution in [0.3, 0.4) is 0 Å². The lowest BCUT2D eigenvalue weighted by molar-refractivity contribution is 0.415. The van der Waals surface area contributed by atoms with E-state index in [2.05, 4.69) is 22.0 Å². The van der Waals surface area contributed by atoms with Crippen LogP contribution in [0, 0.1) is 11.8 Å². The topological polar surface area (TPSA) is 59.9 Å². The van der Waals surface area contributed by atoms with E-state index in [1.165, 1.54) is 10.9 Å². The Bertz CT molecular complexity index is 878. The highest BCUT2D eigenvalue weighted by atomic mass is 32.1. The maximum Gasteiger partial charge on any atom is 0.343 e. The quantitative estimate of drug-likeness (QED) is 0.754. The van der Waals surface area contributed by atoms with E-state index in [1.807, 2.05) is 36.4 Å². The molecule has 0 radical (unpaired) electrons. The number of aromatic amines is 1. The normalized spacial score (nSPS) is 10.0. The maximum absolute atomic E-state index is 11.4. The first-order valence-electron chi connectivity index (χ1n) is 6.59. The lowest BCUT2D eigenvalue weighted by atomic mass is 10.2. The van der Waals surface area contributed by atoms with Crippen molar-refractivity contribution < 1.29 is 4.74 Å². The fourth-order valence-electron chi connectivity index (χ4n) is 1.89. The first-order chi connectivity index (χ1) is 10.7. The summed E-state index contributed by atoms with van der Waals surface area (Å²) < 4.78 is 6.63. The zero-order valence-electron chi connectivity index (χ0n) is 11.9. The zero-order chi connectivity index (χ0) is 15.4. The van der Waals surface area contributed by atoms with Crippen molar-refractivity contribution in [2.75, 3.05) is 7.11 Å². The van der Waals surface area contributed by atoms with Gasteiger partial charge in [0.25, 0.3) is 0 Å².